The highest BCUT2D eigenvalue weighted by molar-refractivity contribution is 7.90. The third-order valence-electron chi connectivity index (χ3n) is 5.99. The van der Waals surface area contributed by atoms with Gasteiger partial charge in [-0.05, 0) is 38.0 Å². The Hall–Kier alpha value is -3.57. The second-order valence-corrected chi connectivity index (χ2v) is 12.6. The summed E-state index contributed by atoms with van der Waals surface area (Å²) in [4.78, 5) is 20.8. The van der Waals surface area contributed by atoms with Crippen LogP contribution in [0.2, 0.25) is 0 Å². The minimum Gasteiger partial charge on any atom is -0.489 e. The van der Waals surface area contributed by atoms with Crippen molar-refractivity contribution in [2.75, 3.05) is 5.32 Å². The summed E-state index contributed by atoms with van der Waals surface area (Å²) in [6.45, 7) is 9.84. The Morgan fingerprint density at radius 3 is 2.42 bits per heavy atom. The molecule has 2 aromatic heterocycles. The van der Waals surface area contributed by atoms with E-state index in [1.165, 1.54) is 18.2 Å². The van der Waals surface area contributed by atoms with Gasteiger partial charge >= 0.3 is 0 Å². The van der Waals surface area contributed by atoms with E-state index in [1.54, 1.807) is 6.07 Å². The first kappa shape index (κ1) is 27.5. The summed E-state index contributed by atoms with van der Waals surface area (Å²) >= 11 is 0. The molecular weight excluding hydrogens is 509 g/mol. The summed E-state index contributed by atoms with van der Waals surface area (Å²) in [7, 11) is -4.48. The number of carbonyl (C=O) groups excluding carboxylic acids is 1. The van der Waals surface area contributed by atoms with E-state index in [0.717, 1.165) is 12.0 Å². The monoisotopic (exact) mass is 541 g/mol. The molecule has 0 bridgehead atoms. The van der Waals surface area contributed by atoms with E-state index < -0.39 is 37.9 Å². The van der Waals surface area contributed by atoms with Gasteiger partial charge in [0.25, 0.3) is 15.9 Å². The van der Waals surface area contributed by atoms with Gasteiger partial charge in [0.1, 0.15) is 18.2 Å². The van der Waals surface area contributed by atoms with Gasteiger partial charge in [-0.1, -0.05) is 51.1 Å². The van der Waals surface area contributed by atoms with Crippen LogP contribution in [0.3, 0.4) is 0 Å². The number of nitrogens with one attached hydrogen (secondary N) is 3. The number of benzene rings is 1. The Morgan fingerprint density at radius 2 is 1.82 bits per heavy atom. The van der Waals surface area contributed by atoms with Crippen LogP contribution in [0.1, 0.15) is 62.7 Å². The van der Waals surface area contributed by atoms with Crippen molar-refractivity contribution in [1.82, 2.24) is 20.0 Å². The fraction of sp³-hybridized carbons (Fsp3) is 0.370. The smallest absolute Gasteiger partial charge is 0.282 e. The van der Waals surface area contributed by atoms with E-state index >= 15 is 0 Å². The summed E-state index contributed by atoms with van der Waals surface area (Å²) in [5.41, 5.74) is 0.337. The van der Waals surface area contributed by atoms with Crippen LogP contribution in [-0.4, -0.2) is 36.0 Å². The number of nitrogens with zero attached hydrogens (tertiary/aromatic N) is 2. The van der Waals surface area contributed by atoms with Crippen molar-refractivity contribution in [3.8, 4) is 5.75 Å². The summed E-state index contributed by atoms with van der Waals surface area (Å²) in [6.07, 6.45) is 0.674. The molecule has 0 spiro atoms. The van der Waals surface area contributed by atoms with Crippen molar-refractivity contribution < 1.29 is 22.3 Å². The minimum atomic E-state index is -4.48. The average molecular weight is 542 g/mol. The van der Waals surface area contributed by atoms with Crippen molar-refractivity contribution in [3.05, 3.63) is 77.4 Å². The van der Waals surface area contributed by atoms with E-state index in [9.17, 15) is 17.6 Å². The number of aromatic nitrogens is 2. The zero-order chi connectivity index (χ0) is 27.7. The Kier molecular flexibility index (Phi) is 7.44. The summed E-state index contributed by atoms with van der Waals surface area (Å²) < 4.78 is 48.7. The molecule has 1 unspecified atom stereocenters. The molecule has 0 radical (unpaired) electrons. The van der Waals surface area contributed by atoms with Gasteiger partial charge in [-0.15, -0.1) is 0 Å². The number of anilines is 1. The molecule has 4 rings (SSSR count). The molecule has 3 heterocycles. The Labute approximate surface area is 222 Å². The molecule has 3 N–H and O–H groups in total. The van der Waals surface area contributed by atoms with Crippen LogP contribution in [0.4, 0.5) is 10.2 Å². The fourth-order valence-corrected chi connectivity index (χ4v) is 4.94. The highest BCUT2D eigenvalue weighted by atomic mass is 32.2. The lowest BCUT2D eigenvalue weighted by atomic mass is 9.89. The predicted molar refractivity (Wildman–Crippen MR) is 142 cm³/mol. The Bertz CT molecular complexity index is 1430. The topological polar surface area (TPSA) is 122 Å². The van der Waals surface area contributed by atoms with Gasteiger partial charge in [0.05, 0.1) is 11.7 Å². The van der Waals surface area contributed by atoms with Crippen molar-refractivity contribution in [1.29, 1.82) is 0 Å². The second-order valence-electron chi connectivity index (χ2n) is 10.9. The second kappa shape index (κ2) is 10.3. The van der Waals surface area contributed by atoms with E-state index in [1.807, 2.05) is 69.7 Å². The van der Waals surface area contributed by atoms with E-state index in [-0.39, 0.29) is 29.9 Å². The first-order chi connectivity index (χ1) is 17.7. The molecule has 11 heteroatoms. The molecule has 1 atom stereocenters. The summed E-state index contributed by atoms with van der Waals surface area (Å²) in [6, 6.07) is 14.9. The lowest BCUT2D eigenvalue weighted by molar-refractivity contribution is 0.0976. The van der Waals surface area contributed by atoms with Crippen molar-refractivity contribution in [2.45, 2.75) is 69.8 Å². The number of carbonyl (C=O) groups is 1. The fourth-order valence-electron chi connectivity index (χ4n) is 3.99. The Morgan fingerprint density at radius 1 is 1.13 bits per heavy atom. The lowest BCUT2D eigenvalue weighted by Gasteiger charge is -2.44. The molecule has 0 saturated carbocycles. The molecule has 202 valence electrons. The number of amides is 1. The van der Waals surface area contributed by atoms with Crippen molar-refractivity contribution >= 4 is 21.7 Å². The molecule has 1 aromatic carbocycles. The number of rotatable bonds is 8. The van der Waals surface area contributed by atoms with Gasteiger partial charge in [-0.2, -0.15) is 12.8 Å². The van der Waals surface area contributed by atoms with Crippen LogP contribution in [0.15, 0.2) is 59.6 Å². The lowest BCUT2D eigenvalue weighted by Crippen LogP contribution is -2.63. The highest BCUT2D eigenvalue weighted by Gasteiger charge is 2.35. The normalized spacial score (nSPS) is 16.8. The van der Waals surface area contributed by atoms with Gasteiger partial charge in [0, 0.05) is 28.8 Å². The van der Waals surface area contributed by atoms with Crippen molar-refractivity contribution in [2.24, 2.45) is 0 Å². The largest absolute Gasteiger partial charge is 0.489 e. The third-order valence-corrected chi connectivity index (χ3v) is 7.20. The summed E-state index contributed by atoms with van der Waals surface area (Å²) in [5, 5.41) is 6.02. The van der Waals surface area contributed by atoms with Gasteiger partial charge in [-0.25, -0.2) is 14.7 Å². The zero-order valence-electron chi connectivity index (χ0n) is 22.0. The predicted octanol–water partition coefficient (Wildman–Crippen LogP) is 4.12. The number of hydrogen-bond donors (Lipinski definition) is 3. The van der Waals surface area contributed by atoms with E-state index in [0.29, 0.717) is 5.69 Å². The summed E-state index contributed by atoms with van der Waals surface area (Å²) in [5.74, 6) is -1.72. The molecule has 3 aromatic rings. The van der Waals surface area contributed by atoms with E-state index in [2.05, 4.69) is 20.6 Å². The highest BCUT2D eigenvalue weighted by Crippen LogP contribution is 2.27. The first-order valence-electron chi connectivity index (χ1n) is 12.2. The number of sulfonamides is 1. The number of pyridine rings is 2. The maximum Gasteiger partial charge on any atom is 0.282 e. The van der Waals surface area contributed by atoms with Gasteiger partial charge < -0.3 is 10.1 Å². The molecule has 9 nitrogen and oxygen atoms in total. The van der Waals surface area contributed by atoms with Crippen LogP contribution in [0.5, 0.6) is 5.75 Å². The van der Waals surface area contributed by atoms with Crippen LogP contribution < -0.4 is 20.1 Å². The third kappa shape index (κ3) is 6.65. The average Bonchev–Trinajstić information content (AvgIpc) is 2.81. The number of halogens is 1. The van der Waals surface area contributed by atoms with Crippen molar-refractivity contribution in [3.63, 3.8) is 0 Å². The van der Waals surface area contributed by atoms with Crippen LogP contribution in [0, 0.1) is 5.95 Å². The standard InChI is InChI=1S/C27H32FN5O4S/c1-26(2,3)20-12-11-19(24(28)29-20)25(34)33-38(35,36)23-14-18(37-16-17-9-7-6-8-10-17)13-21(31-23)30-22-15-27(4,5)32-22/h6-14,22,32H,15-16H2,1-5H3,(H,30,31)(H,33,34). The first-order valence-corrected chi connectivity index (χ1v) is 13.7. The van der Waals surface area contributed by atoms with Gasteiger partial charge in [-0.3, -0.25) is 10.1 Å². The Balaban J connectivity index is 1.58. The molecule has 38 heavy (non-hydrogen) atoms. The molecule has 1 saturated heterocycles. The van der Waals surface area contributed by atoms with Gasteiger partial charge in [0.2, 0.25) is 5.95 Å². The number of ether oxygens (including phenoxy) is 1. The minimum absolute atomic E-state index is 0.0530. The zero-order valence-corrected chi connectivity index (χ0v) is 22.8. The van der Waals surface area contributed by atoms with Crippen LogP contribution >= 0.6 is 0 Å². The molecule has 1 fully saturated rings. The molecule has 1 amide bonds. The maximum atomic E-state index is 14.6. The SMILES string of the molecule is CC1(C)CC(Nc2cc(OCc3ccccc3)cc(S(=O)(=O)NC(=O)c3ccc(C(C)(C)C)nc3F)n2)N1. The van der Waals surface area contributed by atoms with Crippen LogP contribution in [-0.2, 0) is 22.0 Å². The molecular formula is C27H32FN5O4S. The molecule has 1 aliphatic rings. The molecule has 1 aliphatic heterocycles. The number of hydrogen-bond acceptors (Lipinski definition) is 8. The maximum absolute atomic E-state index is 14.6. The molecule has 0 aliphatic carbocycles. The van der Waals surface area contributed by atoms with Crippen LogP contribution in [0.25, 0.3) is 0 Å². The van der Waals surface area contributed by atoms with E-state index in [4.69, 9.17) is 4.74 Å². The quantitative estimate of drug-likeness (QED) is 0.364. The van der Waals surface area contributed by atoms with Gasteiger partial charge in [0.15, 0.2) is 5.03 Å².